The fourth-order valence-corrected chi connectivity index (χ4v) is 1.90. The standard InChI is InChI=1S/C8H16N2/c1-5-4-9-6(2)7-3-8(7)10-5/h5-10H,3-4H2,1-2H3. The minimum Gasteiger partial charge on any atom is -0.312 e. The van der Waals surface area contributed by atoms with Crippen molar-refractivity contribution < 1.29 is 0 Å². The number of hydrogen-bond donors (Lipinski definition) is 2. The van der Waals surface area contributed by atoms with Gasteiger partial charge in [-0.05, 0) is 26.2 Å². The summed E-state index contributed by atoms with van der Waals surface area (Å²) in [5, 5.41) is 7.11. The van der Waals surface area contributed by atoms with Crippen LogP contribution < -0.4 is 10.6 Å². The number of nitrogens with one attached hydrogen (secondary N) is 2. The summed E-state index contributed by atoms with van der Waals surface area (Å²) in [6.45, 7) is 5.68. The lowest BCUT2D eigenvalue weighted by Crippen LogP contribution is -2.36. The number of rotatable bonds is 0. The summed E-state index contributed by atoms with van der Waals surface area (Å²) >= 11 is 0. The average Bonchev–Trinajstić information content (AvgIpc) is 2.60. The van der Waals surface area contributed by atoms with Crippen LogP contribution in [0.15, 0.2) is 0 Å². The quantitative estimate of drug-likeness (QED) is 0.507. The molecule has 2 aliphatic rings. The highest BCUT2D eigenvalue weighted by Crippen LogP contribution is 2.35. The third kappa shape index (κ3) is 1.06. The van der Waals surface area contributed by atoms with E-state index in [1.807, 2.05) is 0 Å². The molecule has 1 aliphatic heterocycles. The van der Waals surface area contributed by atoms with Crippen molar-refractivity contribution in [2.75, 3.05) is 6.54 Å². The van der Waals surface area contributed by atoms with E-state index in [0.29, 0.717) is 6.04 Å². The first-order valence-corrected chi connectivity index (χ1v) is 4.27. The van der Waals surface area contributed by atoms with Gasteiger partial charge in [0.05, 0.1) is 0 Å². The van der Waals surface area contributed by atoms with E-state index in [0.717, 1.165) is 24.5 Å². The minimum absolute atomic E-state index is 0.667. The maximum atomic E-state index is 3.58. The third-order valence-electron chi connectivity index (χ3n) is 2.73. The Kier molecular flexibility index (Phi) is 1.46. The molecule has 2 rings (SSSR count). The molecule has 2 N–H and O–H groups in total. The van der Waals surface area contributed by atoms with Gasteiger partial charge in [-0.15, -0.1) is 0 Å². The van der Waals surface area contributed by atoms with Gasteiger partial charge in [0.2, 0.25) is 0 Å². The molecule has 4 atom stereocenters. The fourth-order valence-electron chi connectivity index (χ4n) is 1.90. The normalized spacial score (nSPS) is 53.4. The van der Waals surface area contributed by atoms with Crippen LogP contribution >= 0.6 is 0 Å². The van der Waals surface area contributed by atoms with Crippen molar-refractivity contribution in [3.05, 3.63) is 0 Å². The van der Waals surface area contributed by atoms with Crippen LogP contribution in [-0.4, -0.2) is 24.7 Å². The van der Waals surface area contributed by atoms with E-state index in [2.05, 4.69) is 24.5 Å². The molecule has 0 bridgehead atoms. The van der Waals surface area contributed by atoms with Gasteiger partial charge in [0.1, 0.15) is 0 Å². The monoisotopic (exact) mass is 140 g/mol. The highest BCUT2D eigenvalue weighted by atomic mass is 15.1. The van der Waals surface area contributed by atoms with E-state index in [1.165, 1.54) is 6.42 Å². The highest BCUT2D eigenvalue weighted by molar-refractivity contribution is 5.02. The van der Waals surface area contributed by atoms with E-state index >= 15 is 0 Å². The van der Waals surface area contributed by atoms with Gasteiger partial charge in [0.25, 0.3) is 0 Å². The average molecular weight is 140 g/mol. The van der Waals surface area contributed by atoms with E-state index in [9.17, 15) is 0 Å². The van der Waals surface area contributed by atoms with E-state index in [-0.39, 0.29) is 0 Å². The lowest BCUT2D eigenvalue weighted by molar-refractivity contribution is 0.494. The van der Waals surface area contributed by atoms with Gasteiger partial charge in [-0.2, -0.15) is 0 Å². The van der Waals surface area contributed by atoms with Crippen molar-refractivity contribution in [2.45, 2.75) is 38.4 Å². The molecule has 2 nitrogen and oxygen atoms in total. The van der Waals surface area contributed by atoms with Gasteiger partial charge < -0.3 is 10.6 Å². The lowest BCUT2D eigenvalue weighted by atomic mass is 10.2. The molecule has 0 amide bonds. The molecule has 0 aromatic rings. The molecule has 1 saturated carbocycles. The van der Waals surface area contributed by atoms with Gasteiger partial charge >= 0.3 is 0 Å². The molecule has 0 radical (unpaired) electrons. The summed E-state index contributed by atoms with van der Waals surface area (Å²) < 4.78 is 0. The summed E-state index contributed by atoms with van der Waals surface area (Å²) in [7, 11) is 0. The SMILES string of the molecule is CC1CNC(C)C2CC2N1. The summed E-state index contributed by atoms with van der Waals surface area (Å²) in [6, 6.07) is 2.24. The lowest BCUT2D eigenvalue weighted by Gasteiger charge is -2.12. The van der Waals surface area contributed by atoms with Crippen molar-refractivity contribution in [2.24, 2.45) is 5.92 Å². The Balaban J connectivity index is 1.97. The molecule has 1 saturated heterocycles. The first-order chi connectivity index (χ1) is 4.77. The molecule has 1 aliphatic carbocycles. The Morgan fingerprint density at radius 2 is 2.10 bits per heavy atom. The van der Waals surface area contributed by atoms with Gasteiger partial charge in [0.15, 0.2) is 0 Å². The fraction of sp³-hybridized carbons (Fsp3) is 1.00. The second-order valence-electron chi connectivity index (χ2n) is 3.77. The molecule has 58 valence electrons. The first-order valence-electron chi connectivity index (χ1n) is 4.27. The molecule has 2 fully saturated rings. The van der Waals surface area contributed by atoms with Gasteiger partial charge in [0, 0.05) is 24.7 Å². The van der Waals surface area contributed by atoms with Crippen molar-refractivity contribution in [3.63, 3.8) is 0 Å². The van der Waals surface area contributed by atoms with Crippen molar-refractivity contribution in [1.82, 2.24) is 10.6 Å². The van der Waals surface area contributed by atoms with Gasteiger partial charge in [-0.25, -0.2) is 0 Å². The molecule has 0 spiro atoms. The molecule has 10 heavy (non-hydrogen) atoms. The van der Waals surface area contributed by atoms with Gasteiger partial charge in [-0.3, -0.25) is 0 Å². The van der Waals surface area contributed by atoms with Crippen LogP contribution in [0.5, 0.6) is 0 Å². The predicted octanol–water partition coefficient (Wildman–Crippen LogP) is 0.345. The number of hydrogen-bond acceptors (Lipinski definition) is 2. The minimum atomic E-state index is 0.667. The van der Waals surface area contributed by atoms with Crippen LogP contribution in [0.3, 0.4) is 0 Å². The summed E-state index contributed by atoms with van der Waals surface area (Å²) in [5.74, 6) is 0.921. The molecule has 0 aromatic carbocycles. The molecule has 2 heteroatoms. The predicted molar refractivity (Wildman–Crippen MR) is 42.0 cm³/mol. The van der Waals surface area contributed by atoms with Crippen LogP contribution in [0.25, 0.3) is 0 Å². The summed E-state index contributed by atoms with van der Waals surface area (Å²) in [4.78, 5) is 0. The molecule has 0 aromatic heterocycles. The largest absolute Gasteiger partial charge is 0.312 e. The first kappa shape index (κ1) is 6.62. The topological polar surface area (TPSA) is 24.1 Å². The van der Waals surface area contributed by atoms with Crippen LogP contribution in [0.4, 0.5) is 0 Å². The van der Waals surface area contributed by atoms with E-state index < -0.39 is 0 Å². The van der Waals surface area contributed by atoms with E-state index in [1.54, 1.807) is 0 Å². The van der Waals surface area contributed by atoms with Crippen LogP contribution in [-0.2, 0) is 0 Å². The third-order valence-corrected chi connectivity index (χ3v) is 2.73. The van der Waals surface area contributed by atoms with Crippen molar-refractivity contribution in [3.8, 4) is 0 Å². The Bertz CT molecular complexity index is 135. The van der Waals surface area contributed by atoms with Crippen LogP contribution in [0, 0.1) is 5.92 Å². The summed E-state index contributed by atoms with van der Waals surface area (Å²) in [5.41, 5.74) is 0. The van der Waals surface area contributed by atoms with E-state index in [4.69, 9.17) is 0 Å². The molecular weight excluding hydrogens is 124 g/mol. The van der Waals surface area contributed by atoms with Crippen molar-refractivity contribution >= 4 is 0 Å². The maximum absolute atomic E-state index is 3.58. The maximum Gasteiger partial charge on any atom is 0.0167 e. The second kappa shape index (κ2) is 2.21. The van der Waals surface area contributed by atoms with Crippen LogP contribution in [0.2, 0.25) is 0 Å². The zero-order valence-electron chi connectivity index (χ0n) is 6.72. The zero-order valence-corrected chi connectivity index (χ0v) is 6.72. The Hall–Kier alpha value is -0.0800. The molecule has 1 heterocycles. The van der Waals surface area contributed by atoms with Crippen LogP contribution in [0.1, 0.15) is 20.3 Å². The Morgan fingerprint density at radius 3 is 2.90 bits per heavy atom. The molecular formula is C8H16N2. The highest BCUT2D eigenvalue weighted by Gasteiger charge is 2.43. The zero-order chi connectivity index (χ0) is 7.14. The second-order valence-corrected chi connectivity index (χ2v) is 3.77. The Labute approximate surface area is 62.4 Å². The molecule has 4 unspecified atom stereocenters. The van der Waals surface area contributed by atoms with Gasteiger partial charge in [-0.1, -0.05) is 0 Å². The number of fused-ring (bicyclic) bond motifs is 1. The van der Waals surface area contributed by atoms with Crippen molar-refractivity contribution in [1.29, 1.82) is 0 Å². The summed E-state index contributed by atoms with van der Waals surface area (Å²) in [6.07, 6.45) is 1.39. The Morgan fingerprint density at radius 1 is 1.30 bits per heavy atom. The smallest absolute Gasteiger partial charge is 0.0167 e.